The highest BCUT2D eigenvalue weighted by molar-refractivity contribution is 5.98. The maximum absolute atomic E-state index is 11.8. The summed E-state index contributed by atoms with van der Waals surface area (Å²) in [6.07, 6.45) is -0.501. The van der Waals surface area contributed by atoms with Gasteiger partial charge in [0.1, 0.15) is 17.5 Å². The van der Waals surface area contributed by atoms with Gasteiger partial charge in [0.15, 0.2) is 0 Å². The molecular formula is C15H21N3O4. The van der Waals surface area contributed by atoms with E-state index in [2.05, 4.69) is 0 Å². The van der Waals surface area contributed by atoms with Gasteiger partial charge in [0.05, 0.1) is 18.7 Å². The highest BCUT2D eigenvalue weighted by atomic mass is 16.6. The minimum absolute atomic E-state index is 0.142. The molecule has 0 aliphatic carbocycles. The van der Waals surface area contributed by atoms with Crippen LogP contribution in [-0.4, -0.2) is 41.7 Å². The van der Waals surface area contributed by atoms with E-state index in [1.54, 1.807) is 17.0 Å². The standard InChI is InChI=1S/C15H21N3O4/c1-15(2,3)22-14(20)18-7-10(8-18)21-9-4-5-12(16)11(6-9)13(17)19/h4-6,10H,7-8,16H2,1-3H3,(H2,17,19). The maximum atomic E-state index is 11.8. The summed E-state index contributed by atoms with van der Waals surface area (Å²) in [6.45, 7) is 6.32. The number of hydrogen-bond donors (Lipinski definition) is 2. The van der Waals surface area contributed by atoms with E-state index in [9.17, 15) is 9.59 Å². The lowest BCUT2D eigenvalue weighted by Crippen LogP contribution is -2.57. The van der Waals surface area contributed by atoms with Gasteiger partial charge >= 0.3 is 6.09 Å². The number of anilines is 1. The van der Waals surface area contributed by atoms with Gasteiger partial charge in [0.2, 0.25) is 0 Å². The van der Waals surface area contributed by atoms with Crippen LogP contribution in [0.3, 0.4) is 0 Å². The van der Waals surface area contributed by atoms with Crippen molar-refractivity contribution < 1.29 is 19.1 Å². The van der Waals surface area contributed by atoms with Crippen LogP contribution in [0.25, 0.3) is 0 Å². The van der Waals surface area contributed by atoms with E-state index in [4.69, 9.17) is 20.9 Å². The van der Waals surface area contributed by atoms with Gasteiger partial charge in [0.25, 0.3) is 5.91 Å². The Labute approximate surface area is 129 Å². The molecule has 1 saturated heterocycles. The summed E-state index contributed by atoms with van der Waals surface area (Å²) in [5.41, 5.74) is 10.9. The van der Waals surface area contributed by atoms with E-state index in [0.717, 1.165) is 0 Å². The molecule has 0 unspecified atom stereocenters. The van der Waals surface area contributed by atoms with Crippen LogP contribution in [0, 0.1) is 0 Å². The monoisotopic (exact) mass is 307 g/mol. The number of ether oxygens (including phenoxy) is 2. The fraction of sp³-hybridized carbons (Fsp3) is 0.467. The second-order valence-corrected chi connectivity index (χ2v) is 6.24. The van der Waals surface area contributed by atoms with Gasteiger partial charge < -0.3 is 25.8 Å². The Hall–Kier alpha value is -2.44. The number of nitrogens with two attached hydrogens (primary N) is 2. The topological polar surface area (TPSA) is 108 Å². The van der Waals surface area contributed by atoms with Crippen molar-refractivity contribution in [1.82, 2.24) is 4.90 Å². The molecule has 0 aromatic heterocycles. The largest absolute Gasteiger partial charge is 0.487 e. The molecule has 7 nitrogen and oxygen atoms in total. The molecule has 2 rings (SSSR count). The minimum atomic E-state index is -0.605. The molecule has 2 amide bonds. The summed E-state index contributed by atoms with van der Waals surface area (Å²) in [7, 11) is 0. The Morgan fingerprint density at radius 2 is 1.91 bits per heavy atom. The molecule has 7 heteroatoms. The molecule has 0 spiro atoms. The normalized spacial score (nSPS) is 15.1. The predicted octanol–water partition coefficient (Wildman–Crippen LogP) is 1.37. The first-order valence-electron chi connectivity index (χ1n) is 6.99. The Balaban J connectivity index is 1.89. The maximum Gasteiger partial charge on any atom is 0.410 e. The molecule has 22 heavy (non-hydrogen) atoms. The first-order valence-corrected chi connectivity index (χ1v) is 6.99. The van der Waals surface area contributed by atoms with Gasteiger partial charge in [-0.05, 0) is 39.0 Å². The van der Waals surface area contributed by atoms with Crippen molar-refractivity contribution in [2.75, 3.05) is 18.8 Å². The molecule has 0 atom stereocenters. The molecule has 0 bridgehead atoms. The summed E-state index contributed by atoms with van der Waals surface area (Å²) in [5, 5.41) is 0. The van der Waals surface area contributed by atoms with E-state index >= 15 is 0 Å². The molecule has 1 aromatic rings. The fourth-order valence-electron chi connectivity index (χ4n) is 2.00. The third kappa shape index (κ3) is 3.81. The lowest BCUT2D eigenvalue weighted by atomic mass is 10.1. The van der Waals surface area contributed by atoms with E-state index < -0.39 is 11.5 Å². The van der Waals surface area contributed by atoms with E-state index in [1.165, 1.54) is 6.07 Å². The zero-order valence-corrected chi connectivity index (χ0v) is 13.0. The van der Waals surface area contributed by atoms with E-state index in [0.29, 0.717) is 24.5 Å². The van der Waals surface area contributed by atoms with Gasteiger partial charge in [-0.2, -0.15) is 0 Å². The number of primary amides is 1. The fourth-order valence-corrected chi connectivity index (χ4v) is 2.00. The number of nitrogens with zero attached hydrogens (tertiary/aromatic N) is 1. The van der Waals surface area contributed by atoms with Crippen molar-refractivity contribution in [3.05, 3.63) is 23.8 Å². The average molecular weight is 307 g/mol. The van der Waals surface area contributed by atoms with Gasteiger partial charge in [0, 0.05) is 5.69 Å². The molecule has 0 radical (unpaired) electrons. The van der Waals surface area contributed by atoms with Crippen LogP contribution in [0.4, 0.5) is 10.5 Å². The third-order valence-electron chi connectivity index (χ3n) is 3.09. The van der Waals surface area contributed by atoms with Gasteiger partial charge in [-0.15, -0.1) is 0 Å². The highest BCUT2D eigenvalue weighted by Crippen LogP contribution is 2.23. The summed E-state index contributed by atoms with van der Waals surface area (Å²) >= 11 is 0. The number of likely N-dealkylation sites (tertiary alicyclic amines) is 1. The summed E-state index contributed by atoms with van der Waals surface area (Å²) < 4.78 is 11.0. The van der Waals surface area contributed by atoms with E-state index in [-0.39, 0.29) is 17.8 Å². The number of rotatable bonds is 3. The highest BCUT2D eigenvalue weighted by Gasteiger charge is 2.35. The van der Waals surface area contributed by atoms with Crippen molar-refractivity contribution in [2.24, 2.45) is 5.73 Å². The van der Waals surface area contributed by atoms with Crippen LogP contribution in [0.2, 0.25) is 0 Å². The smallest absolute Gasteiger partial charge is 0.410 e. The lowest BCUT2D eigenvalue weighted by molar-refractivity contribution is -0.0221. The van der Waals surface area contributed by atoms with Crippen molar-refractivity contribution >= 4 is 17.7 Å². The molecule has 1 aliphatic heterocycles. The van der Waals surface area contributed by atoms with Crippen LogP contribution >= 0.6 is 0 Å². The van der Waals surface area contributed by atoms with Gasteiger partial charge in [-0.3, -0.25) is 4.79 Å². The predicted molar refractivity (Wildman–Crippen MR) is 81.6 cm³/mol. The number of nitrogen functional groups attached to an aromatic ring is 1. The van der Waals surface area contributed by atoms with Gasteiger partial charge in [-0.1, -0.05) is 0 Å². The Bertz CT molecular complexity index is 589. The molecule has 1 aliphatic rings. The van der Waals surface area contributed by atoms with Crippen molar-refractivity contribution in [3.63, 3.8) is 0 Å². The quantitative estimate of drug-likeness (QED) is 0.820. The van der Waals surface area contributed by atoms with Crippen molar-refractivity contribution in [3.8, 4) is 5.75 Å². The van der Waals surface area contributed by atoms with Crippen molar-refractivity contribution in [1.29, 1.82) is 0 Å². The minimum Gasteiger partial charge on any atom is -0.487 e. The zero-order chi connectivity index (χ0) is 16.5. The summed E-state index contributed by atoms with van der Waals surface area (Å²) in [5.74, 6) is -0.108. The summed E-state index contributed by atoms with van der Waals surface area (Å²) in [6, 6.07) is 4.74. The lowest BCUT2D eigenvalue weighted by Gasteiger charge is -2.39. The first-order chi connectivity index (χ1) is 10.2. The third-order valence-corrected chi connectivity index (χ3v) is 3.09. The van der Waals surface area contributed by atoms with Crippen LogP contribution in [0.15, 0.2) is 18.2 Å². The average Bonchev–Trinajstić information content (AvgIpc) is 2.32. The Kier molecular flexibility index (Phi) is 4.16. The number of hydrogen-bond acceptors (Lipinski definition) is 5. The number of benzene rings is 1. The second-order valence-electron chi connectivity index (χ2n) is 6.24. The van der Waals surface area contributed by atoms with Crippen molar-refractivity contribution in [2.45, 2.75) is 32.5 Å². The Morgan fingerprint density at radius 3 is 2.45 bits per heavy atom. The van der Waals surface area contributed by atoms with Crippen LogP contribution in [-0.2, 0) is 4.74 Å². The molecule has 1 aromatic carbocycles. The SMILES string of the molecule is CC(C)(C)OC(=O)N1CC(Oc2ccc(N)c(C(N)=O)c2)C1. The first kappa shape index (κ1) is 15.9. The number of amides is 2. The summed E-state index contributed by atoms with van der Waals surface area (Å²) in [4.78, 5) is 24.6. The zero-order valence-electron chi connectivity index (χ0n) is 13.0. The Morgan fingerprint density at radius 1 is 1.27 bits per heavy atom. The van der Waals surface area contributed by atoms with Crippen LogP contribution < -0.4 is 16.2 Å². The van der Waals surface area contributed by atoms with Crippen LogP contribution in [0.5, 0.6) is 5.75 Å². The number of carbonyl (C=O) groups excluding carboxylic acids is 2. The molecule has 120 valence electrons. The number of carbonyl (C=O) groups is 2. The second kappa shape index (κ2) is 5.75. The molecule has 1 heterocycles. The van der Waals surface area contributed by atoms with Crippen LogP contribution in [0.1, 0.15) is 31.1 Å². The molecule has 1 fully saturated rings. The molecular weight excluding hydrogens is 286 g/mol. The molecule has 0 saturated carbocycles. The van der Waals surface area contributed by atoms with E-state index in [1.807, 2.05) is 20.8 Å². The van der Waals surface area contributed by atoms with Gasteiger partial charge in [-0.25, -0.2) is 4.79 Å². The molecule has 4 N–H and O–H groups in total.